The second-order valence-electron chi connectivity index (χ2n) is 6.25. The molecule has 3 unspecified atom stereocenters. The molecule has 1 aromatic carbocycles. The molecule has 2 aliphatic rings. The van der Waals surface area contributed by atoms with Gasteiger partial charge in [0.05, 0.1) is 19.3 Å². The van der Waals surface area contributed by atoms with E-state index in [9.17, 15) is 4.79 Å². The van der Waals surface area contributed by atoms with E-state index in [0.29, 0.717) is 12.5 Å². The van der Waals surface area contributed by atoms with E-state index in [1.54, 1.807) is 0 Å². The van der Waals surface area contributed by atoms with Gasteiger partial charge in [0, 0.05) is 30.6 Å². The number of morpholine rings is 1. The zero-order valence-corrected chi connectivity index (χ0v) is 13.7. The average molecular weight is 323 g/mol. The standard InChI is InChI=1S/C17H23ClN2O2/c1-12-10-14(12)17(21)19-11-16(20-6-8-22-9-7-20)13-4-2-3-5-15(13)18/h2-5,12,14,16H,6-11H2,1H3,(H,19,21). The lowest BCUT2D eigenvalue weighted by Gasteiger charge is -2.35. The highest BCUT2D eigenvalue weighted by atomic mass is 35.5. The maximum atomic E-state index is 12.1. The SMILES string of the molecule is CC1CC1C(=O)NCC(c1ccccc1Cl)N1CCOCC1. The Labute approximate surface area is 136 Å². The Balaban J connectivity index is 1.71. The topological polar surface area (TPSA) is 41.6 Å². The Morgan fingerprint density at radius 1 is 1.41 bits per heavy atom. The summed E-state index contributed by atoms with van der Waals surface area (Å²) in [5.41, 5.74) is 1.08. The minimum atomic E-state index is 0.107. The van der Waals surface area contributed by atoms with Crippen molar-refractivity contribution in [3.63, 3.8) is 0 Å². The molecule has 1 amide bonds. The average Bonchev–Trinajstić information content (AvgIpc) is 3.27. The summed E-state index contributed by atoms with van der Waals surface area (Å²) in [5, 5.41) is 3.88. The van der Waals surface area contributed by atoms with Gasteiger partial charge in [-0.05, 0) is 24.0 Å². The highest BCUT2D eigenvalue weighted by Crippen LogP contribution is 2.38. The van der Waals surface area contributed by atoms with Crippen molar-refractivity contribution in [1.82, 2.24) is 10.2 Å². The summed E-state index contributed by atoms with van der Waals surface area (Å²) in [4.78, 5) is 14.5. The van der Waals surface area contributed by atoms with Gasteiger partial charge in [-0.1, -0.05) is 36.7 Å². The minimum absolute atomic E-state index is 0.107. The van der Waals surface area contributed by atoms with Crippen LogP contribution in [0.25, 0.3) is 0 Å². The first kappa shape index (κ1) is 15.8. The van der Waals surface area contributed by atoms with Crippen LogP contribution in [0.15, 0.2) is 24.3 Å². The van der Waals surface area contributed by atoms with E-state index in [4.69, 9.17) is 16.3 Å². The molecule has 5 heteroatoms. The van der Waals surface area contributed by atoms with Crippen molar-refractivity contribution in [2.24, 2.45) is 11.8 Å². The minimum Gasteiger partial charge on any atom is -0.379 e. The molecule has 2 fully saturated rings. The van der Waals surface area contributed by atoms with E-state index >= 15 is 0 Å². The van der Waals surface area contributed by atoms with Gasteiger partial charge < -0.3 is 10.1 Å². The third-order valence-electron chi connectivity index (χ3n) is 4.67. The van der Waals surface area contributed by atoms with E-state index in [2.05, 4.69) is 17.1 Å². The fraction of sp³-hybridized carbons (Fsp3) is 0.588. The van der Waals surface area contributed by atoms with E-state index in [1.807, 2.05) is 24.3 Å². The number of carbonyl (C=O) groups is 1. The van der Waals surface area contributed by atoms with Crippen LogP contribution in [0.2, 0.25) is 5.02 Å². The Hall–Kier alpha value is -1.10. The lowest BCUT2D eigenvalue weighted by atomic mass is 10.0. The molecule has 1 aliphatic carbocycles. The molecule has 0 spiro atoms. The van der Waals surface area contributed by atoms with Crippen LogP contribution in [-0.4, -0.2) is 43.7 Å². The largest absolute Gasteiger partial charge is 0.379 e. The number of nitrogens with zero attached hydrogens (tertiary/aromatic N) is 1. The number of nitrogens with one attached hydrogen (secondary N) is 1. The van der Waals surface area contributed by atoms with Crippen LogP contribution < -0.4 is 5.32 Å². The Kier molecular flexibility index (Phi) is 5.01. The van der Waals surface area contributed by atoms with Crippen molar-refractivity contribution in [1.29, 1.82) is 0 Å². The fourth-order valence-corrected chi connectivity index (χ4v) is 3.35. The molecular weight excluding hydrogens is 300 g/mol. The molecule has 1 aliphatic heterocycles. The molecule has 22 heavy (non-hydrogen) atoms. The normalized spacial score (nSPS) is 26.5. The van der Waals surface area contributed by atoms with Crippen LogP contribution in [0.4, 0.5) is 0 Å². The smallest absolute Gasteiger partial charge is 0.223 e. The molecule has 1 saturated carbocycles. The van der Waals surface area contributed by atoms with Crippen molar-refractivity contribution < 1.29 is 9.53 Å². The van der Waals surface area contributed by atoms with Crippen LogP contribution >= 0.6 is 11.6 Å². The number of ether oxygens (including phenoxy) is 1. The third-order valence-corrected chi connectivity index (χ3v) is 5.01. The van der Waals surface area contributed by atoms with Crippen LogP contribution in [0, 0.1) is 11.8 Å². The summed E-state index contributed by atoms with van der Waals surface area (Å²) in [6.45, 7) is 5.92. The molecule has 0 radical (unpaired) electrons. The molecule has 4 nitrogen and oxygen atoms in total. The van der Waals surface area contributed by atoms with Crippen molar-refractivity contribution in [2.45, 2.75) is 19.4 Å². The Morgan fingerprint density at radius 3 is 2.73 bits per heavy atom. The van der Waals surface area contributed by atoms with Crippen LogP contribution in [-0.2, 0) is 9.53 Å². The summed E-state index contributed by atoms with van der Waals surface area (Å²) in [5.74, 6) is 0.913. The first-order valence-corrected chi connectivity index (χ1v) is 8.38. The second kappa shape index (κ2) is 6.99. The van der Waals surface area contributed by atoms with Gasteiger partial charge in [0.1, 0.15) is 0 Å². The molecular formula is C17H23ClN2O2. The van der Waals surface area contributed by atoms with Gasteiger partial charge in [0.25, 0.3) is 0 Å². The van der Waals surface area contributed by atoms with Crippen LogP contribution in [0.5, 0.6) is 0 Å². The highest BCUT2D eigenvalue weighted by molar-refractivity contribution is 6.31. The van der Waals surface area contributed by atoms with Gasteiger partial charge in [-0.3, -0.25) is 9.69 Å². The second-order valence-corrected chi connectivity index (χ2v) is 6.66. The molecule has 3 atom stereocenters. The quantitative estimate of drug-likeness (QED) is 0.905. The lowest BCUT2D eigenvalue weighted by molar-refractivity contribution is -0.122. The number of benzene rings is 1. The van der Waals surface area contributed by atoms with Gasteiger partial charge in [0.15, 0.2) is 0 Å². The molecule has 1 heterocycles. The molecule has 1 saturated heterocycles. The maximum absolute atomic E-state index is 12.1. The maximum Gasteiger partial charge on any atom is 0.223 e. The monoisotopic (exact) mass is 322 g/mol. The van der Waals surface area contributed by atoms with Gasteiger partial charge in [0.2, 0.25) is 5.91 Å². The Bertz CT molecular complexity index is 531. The first-order valence-electron chi connectivity index (χ1n) is 8.00. The zero-order chi connectivity index (χ0) is 15.5. The van der Waals surface area contributed by atoms with E-state index in [-0.39, 0.29) is 17.9 Å². The highest BCUT2D eigenvalue weighted by Gasteiger charge is 2.39. The molecule has 120 valence electrons. The number of carbonyl (C=O) groups excluding carboxylic acids is 1. The predicted molar refractivity (Wildman–Crippen MR) is 86.9 cm³/mol. The molecule has 3 rings (SSSR count). The van der Waals surface area contributed by atoms with Crippen molar-refractivity contribution in [3.05, 3.63) is 34.9 Å². The van der Waals surface area contributed by atoms with Gasteiger partial charge in [-0.15, -0.1) is 0 Å². The van der Waals surface area contributed by atoms with E-state index in [1.165, 1.54) is 0 Å². The summed E-state index contributed by atoms with van der Waals surface area (Å²) in [7, 11) is 0. The molecule has 0 aromatic heterocycles. The summed E-state index contributed by atoms with van der Waals surface area (Å²) in [6, 6.07) is 8.01. The predicted octanol–water partition coefficient (Wildman–Crippen LogP) is 2.49. The summed E-state index contributed by atoms with van der Waals surface area (Å²) in [6.07, 6.45) is 1.01. The summed E-state index contributed by atoms with van der Waals surface area (Å²) < 4.78 is 5.44. The number of hydrogen-bond acceptors (Lipinski definition) is 3. The van der Waals surface area contributed by atoms with Crippen LogP contribution in [0.1, 0.15) is 24.9 Å². The van der Waals surface area contributed by atoms with E-state index < -0.39 is 0 Å². The van der Waals surface area contributed by atoms with Gasteiger partial charge >= 0.3 is 0 Å². The van der Waals surface area contributed by atoms with Gasteiger partial charge in [-0.2, -0.15) is 0 Å². The third kappa shape index (κ3) is 3.62. The molecule has 1 aromatic rings. The van der Waals surface area contributed by atoms with Crippen molar-refractivity contribution in [3.8, 4) is 0 Å². The van der Waals surface area contributed by atoms with Crippen molar-refractivity contribution in [2.75, 3.05) is 32.8 Å². The number of halogens is 1. The fourth-order valence-electron chi connectivity index (χ4n) is 3.09. The number of hydrogen-bond donors (Lipinski definition) is 1. The molecule has 0 bridgehead atoms. The molecule has 1 N–H and O–H groups in total. The lowest BCUT2D eigenvalue weighted by Crippen LogP contribution is -2.44. The number of rotatable bonds is 5. The Morgan fingerprint density at radius 2 is 2.09 bits per heavy atom. The summed E-state index contributed by atoms with van der Waals surface area (Å²) >= 11 is 6.38. The zero-order valence-electron chi connectivity index (χ0n) is 12.9. The number of amides is 1. The first-order chi connectivity index (χ1) is 10.7. The van der Waals surface area contributed by atoms with Crippen LogP contribution in [0.3, 0.4) is 0 Å². The van der Waals surface area contributed by atoms with E-state index in [0.717, 1.165) is 43.3 Å². The van der Waals surface area contributed by atoms with Gasteiger partial charge in [-0.25, -0.2) is 0 Å². The van der Waals surface area contributed by atoms with Crippen molar-refractivity contribution >= 4 is 17.5 Å².